The summed E-state index contributed by atoms with van der Waals surface area (Å²) in [5, 5.41) is 10.1. The summed E-state index contributed by atoms with van der Waals surface area (Å²) < 4.78 is 3.12. The van der Waals surface area contributed by atoms with Crippen LogP contribution in [0.25, 0.3) is 39.2 Å². The van der Waals surface area contributed by atoms with Crippen LogP contribution in [0, 0.1) is 11.3 Å². The van der Waals surface area contributed by atoms with Crippen LogP contribution in [0.15, 0.2) is 78.1 Å². The number of aromatic amines is 1. The first-order valence-corrected chi connectivity index (χ1v) is 9.33. The summed E-state index contributed by atoms with van der Waals surface area (Å²) in [7, 11) is 1.71. The van der Waals surface area contributed by atoms with Gasteiger partial charge in [-0.25, -0.2) is 9.78 Å². The molecule has 0 fully saturated rings. The fourth-order valence-corrected chi connectivity index (χ4v) is 3.52. The Morgan fingerprint density at radius 3 is 2.67 bits per heavy atom. The van der Waals surface area contributed by atoms with E-state index in [0.717, 1.165) is 22.2 Å². The Balaban J connectivity index is 1.64. The van der Waals surface area contributed by atoms with Gasteiger partial charge in [0, 0.05) is 42.8 Å². The molecule has 30 heavy (non-hydrogen) atoms. The minimum atomic E-state index is -0.183. The number of nitriles is 1. The maximum Gasteiger partial charge on any atom is 0.333 e. The number of H-pyrrole nitrogens is 1. The van der Waals surface area contributed by atoms with Gasteiger partial charge in [0.25, 0.3) is 0 Å². The third-order valence-electron chi connectivity index (χ3n) is 5.06. The van der Waals surface area contributed by atoms with Crippen LogP contribution in [-0.2, 0) is 7.05 Å². The average Bonchev–Trinajstić information content (AvgIpc) is 3.38. The summed E-state index contributed by atoms with van der Waals surface area (Å²) in [5.74, 6) is 0. The van der Waals surface area contributed by atoms with E-state index in [1.54, 1.807) is 48.3 Å². The van der Waals surface area contributed by atoms with Gasteiger partial charge in [-0.15, -0.1) is 0 Å². The van der Waals surface area contributed by atoms with E-state index < -0.39 is 0 Å². The van der Waals surface area contributed by atoms with Crippen molar-refractivity contribution in [2.75, 3.05) is 0 Å². The first-order chi connectivity index (χ1) is 14.6. The lowest BCUT2D eigenvalue weighted by Gasteiger charge is -2.09. The van der Waals surface area contributed by atoms with Crippen LogP contribution in [0.3, 0.4) is 0 Å². The minimum absolute atomic E-state index is 0.183. The Bertz CT molecular complexity index is 1480. The largest absolute Gasteiger partial charge is 0.346 e. The van der Waals surface area contributed by atoms with Crippen LogP contribution >= 0.6 is 0 Å². The number of hydrogen-bond acceptors (Lipinski definition) is 4. The van der Waals surface area contributed by atoms with Crippen molar-refractivity contribution >= 4 is 11.0 Å². The average molecular weight is 392 g/mol. The number of hydrogen-bond donors (Lipinski definition) is 1. The van der Waals surface area contributed by atoms with Crippen molar-refractivity contribution in [3.63, 3.8) is 0 Å². The number of benzene rings is 1. The summed E-state index contributed by atoms with van der Waals surface area (Å²) in [4.78, 5) is 24.9. The summed E-state index contributed by atoms with van der Waals surface area (Å²) in [6, 6.07) is 16.9. The monoisotopic (exact) mass is 392 g/mol. The van der Waals surface area contributed by atoms with Crippen LogP contribution < -0.4 is 5.69 Å². The molecule has 0 saturated heterocycles. The number of nitrogens with one attached hydrogen (secondary N) is 1. The molecule has 0 aliphatic heterocycles. The van der Waals surface area contributed by atoms with Crippen LogP contribution in [0.5, 0.6) is 0 Å². The fourth-order valence-electron chi connectivity index (χ4n) is 3.52. The van der Waals surface area contributed by atoms with Gasteiger partial charge in [-0.1, -0.05) is 0 Å². The van der Waals surface area contributed by atoms with E-state index in [2.05, 4.69) is 27.1 Å². The number of nitrogens with zero attached hydrogens (tertiary/aromatic N) is 5. The van der Waals surface area contributed by atoms with Gasteiger partial charge in [0.1, 0.15) is 5.65 Å². The van der Waals surface area contributed by atoms with Crippen LogP contribution in [0.4, 0.5) is 0 Å². The Morgan fingerprint density at radius 2 is 1.87 bits per heavy atom. The molecule has 5 rings (SSSR count). The van der Waals surface area contributed by atoms with Crippen molar-refractivity contribution in [3.05, 3.63) is 89.4 Å². The van der Waals surface area contributed by atoms with Crippen molar-refractivity contribution in [1.29, 1.82) is 5.26 Å². The number of aryl methyl sites for hydroxylation is 1. The van der Waals surface area contributed by atoms with Crippen molar-refractivity contribution in [1.82, 2.24) is 24.1 Å². The van der Waals surface area contributed by atoms with Gasteiger partial charge in [0.15, 0.2) is 0 Å². The number of aromatic nitrogens is 5. The van der Waals surface area contributed by atoms with E-state index in [4.69, 9.17) is 5.26 Å². The standard InChI is InChI=1S/C23H16N6O/c1-28-14-21(29(23(28)30)19-4-2-15(12-24)3-5-19)20-11-16(6-8-25-20)18-10-17-7-9-26-22(17)27-13-18/h2-11,13-14H,1H3,(H,26,27). The van der Waals surface area contributed by atoms with Crippen LogP contribution in [-0.4, -0.2) is 24.1 Å². The second kappa shape index (κ2) is 6.87. The smallest absolute Gasteiger partial charge is 0.333 e. The van der Waals surface area contributed by atoms with E-state index in [1.165, 1.54) is 4.57 Å². The normalized spacial score (nSPS) is 10.9. The molecular formula is C23H16N6O. The molecule has 7 heteroatoms. The molecule has 7 nitrogen and oxygen atoms in total. The molecule has 0 radical (unpaired) electrons. The molecule has 1 N–H and O–H groups in total. The number of rotatable bonds is 3. The lowest BCUT2D eigenvalue weighted by Crippen LogP contribution is -2.21. The molecule has 4 aromatic heterocycles. The van der Waals surface area contributed by atoms with E-state index in [-0.39, 0.29) is 5.69 Å². The molecule has 0 aliphatic rings. The van der Waals surface area contributed by atoms with Crippen molar-refractivity contribution in [2.24, 2.45) is 7.05 Å². The summed E-state index contributed by atoms with van der Waals surface area (Å²) in [5.41, 5.74) is 5.14. The highest BCUT2D eigenvalue weighted by molar-refractivity contribution is 5.82. The first kappa shape index (κ1) is 17.6. The molecule has 0 saturated carbocycles. The molecule has 1 aromatic carbocycles. The van der Waals surface area contributed by atoms with Gasteiger partial charge in [0.05, 0.1) is 28.7 Å². The highest BCUT2D eigenvalue weighted by Gasteiger charge is 2.15. The van der Waals surface area contributed by atoms with E-state index in [1.807, 2.05) is 30.6 Å². The molecule has 0 spiro atoms. The molecule has 0 aliphatic carbocycles. The Labute approximate surface area is 171 Å². The van der Waals surface area contributed by atoms with Gasteiger partial charge in [-0.05, 0) is 54.1 Å². The zero-order valence-electron chi connectivity index (χ0n) is 16.1. The van der Waals surface area contributed by atoms with Gasteiger partial charge < -0.3 is 9.55 Å². The lowest BCUT2D eigenvalue weighted by molar-refractivity contribution is 0.824. The highest BCUT2D eigenvalue weighted by atomic mass is 16.1. The molecule has 5 aromatic rings. The van der Waals surface area contributed by atoms with Crippen LogP contribution in [0.1, 0.15) is 5.56 Å². The van der Waals surface area contributed by atoms with Gasteiger partial charge in [-0.3, -0.25) is 9.55 Å². The van der Waals surface area contributed by atoms with Crippen LogP contribution in [0.2, 0.25) is 0 Å². The fraction of sp³-hybridized carbons (Fsp3) is 0.0435. The maximum atomic E-state index is 12.8. The quantitative estimate of drug-likeness (QED) is 0.507. The van der Waals surface area contributed by atoms with E-state index in [9.17, 15) is 4.79 Å². The zero-order valence-corrected chi connectivity index (χ0v) is 16.1. The van der Waals surface area contributed by atoms with E-state index in [0.29, 0.717) is 22.6 Å². The topological polar surface area (TPSA) is 92.3 Å². The Kier molecular flexibility index (Phi) is 4.04. The Hall–Kier alpha value is -4.44. The van der Waals surface area contributed by atoms with Gasteiger partial charge >= 0.3 is 5.69 Å². The molecule has 144 valence electrons. The number of imidazole rings is 1. The summed E-state index contributed by atoms with van der Waals surface area (Å²) >= 11 is 0. The predicted molar refractivity (Wildman–Crippen MR) is 114 cm³/mol. The number of pyridine rings is 2. The van der Waals surface area contributed by atoms with Gasteiger partial charge in [-0.2, -0.15) is 5.26 Å². The molecule has 4 heterocycles. The molecule has 0 atom stereocenters. The third-order valence-corrected chi connectivity index (χ3v) is 5.06. The summed E-state index contributed by atoms with van der Waals surface area (Å²) in [6.07, 6.45) is 7.17. The second-order valence-corrected chi connectivity index (χ2v) is 6.97. The third kappa shape index (κ3) is 2.88. The zero-order chi connectivity index (χ0) is 20.7. The minimum Gasteiger partial charge on any atom is -0.346 e. The van der Waals surface area contributed by atoms with Crippen molar-refractivity contribution in [3.8, 4) is 34.3 Å². The SMILES string of the molecule is Cn1cc(-c2cc(-c3cnc4[nH]ccc4c3)ccn2)n(-c2ccc(C#N)cc2)c1=O. The van der Waals surface area contributed by atoms with Gasteiger partial charge in [0.2, 0.25) is 0 Å². The van der Waals surface area contributed by atoms with Crippen molar-refractivity contribution < 1.29 is 0 Å². The molecular weight excluding hydrogens is 376 g/mol. The maximum absolute atomic E-state index is 12.8. The molecule has 0 bridgehead atoms. The highest BCUT2D eigenvalue weighted by Crippen LogP contribution is 2.27. The summed E-state index contributed by atoms with van der Waals surface area (Å²) in [6.45, 7) is 0. The van der Waals surface area contributed by atoms with E-state index >= 15 is 0 Å². The lowest BCUT2D eigenvalue weighted by atomic mass is 10.1. The predicted octanol–water partition coefficient (Wildman–Crippen LogP) is 3.65. The molecule has 0 amide bonds. The molecule has 0 unspecified atom stereocenters. The first-order valence-electron chi connectivity index (χ1n) is 9.33. The number of fused-ring (bicyclic) bond motifs is 1. The Morgan fingerprint density at radius 1 is 1.03 bits per heavy atom. The second-order valence-electron chi connectivity index (χ2n) is 6.97. The van der Waals surface area contributed by atoms with Crippen molar-refractivity contribution in [2.45, 2.75) is 0 Å².